The van der Waals surface area contributed by atoms with Crippen molar-refractivity contribution in [1.82, 2.24) is 13.9 Å². The Balaban J connectivity index is 2.23. The number of hydrogen-bond donors (Lipinski definition) is 4. The van der Waals surface area contributed by atoms with Crippen LogP contribution in [0.2, 0.25) is 0 Å². The van der Waals surface area contributed by atoms with Crippen LogP contribution in [0.5, 0.6) is 0 Å². The number of hydrogen-bond acceptors (Lipinski definition) is 6. The monoisotopic (exact) mass is 327 g/mol. The number of carbonyl (C=O) groups is 1. The highest BCUT2D eigenvalue weighted by Crippen LogP contribution is 2.31. The van der Waals surface area contributed by atoms with E-state index in [-0.39, 0.29) is 19.4 Å². The van der Waals surface area contributed by atoms with Gasteiger partial charge in [-0.05, 0) is 12.8 Å². The van der Waals surface area contributed by atoms with E-state index in [0.29, 0.717) is 4.31 Å². The van der Waals surface area contributed by atoms with Crippen molar-refractivity contribution in [3.8, 4) is 0 Å². The van der Waals surface area contributed by atoms with Gasteiger partial charge in [-0.1, -0.05) is 0 Å². The van der Waals surface area contributed by atoms with Crippen LogP contribution in [0.4, 0.5) is 4.79 Å². The zero-order chi connectivity index (χ0) is 15.3. The molecule has 2 atom stereocenters. The van der Waals surface area contributed by atoms with E-state index in [2.05, 4.69) is 0 Å². The molecule has 2 saturated heterocycles. The lowest BCUT2D eigenvalue weighted by atomic mass is 10.0. The van der Waals surface area contributed by atoms with Crippen molar-refractivity contribution in [3.05, 3.63) is 0 Å². The Labute approximate surface area is 115 Å². The highest BCUT2D eigenvalue weighted by atomic mass is 32.2. The van der Waals surface area contributed by atoms with Crippen LogP contribution in [0.25, 0.3) is 0 Å². The molecule has 13 heteroatoms. The van der Waals surface area contributed by atoms with Gasteiger partial charge >= 0.3 is 16.3 Å². The molecule has 0 spiro atoms. The number of amidine groups is 1. The molecule has 11 nitrogen and oxygen atoms in total. The maximum absolute atomic E-state index is 11.9. The molecule has 0 aromatic heterocycles. The number of fused-ring (bicyclic) bond motifs is 2. The lowest BCUT2D eigenvalue weighted by Crippen LogP contribution is -2.51. The minimum atomic E-state index is -4.68. The molecule has 5 N–H and O–H groups in total. The van der Waals surface area contributed by atoms with Crippen LogP contribution in [0, 0.1) is 5.41 Å². The van der Waals surface area contributed by atoms with E-state index < -0.39 is 44.5 Å². The minimum Gasteiger partial charge on any atom is -0.311 e. The lowest BCUT2D eigenvalue weighted by molar-refractivity contribution is 0.198. The van der Waals surface area contributed by atoms with Gasteiger partial charge in [0.2, 0.25) is 0 Å². The molecule has 2 heterocycles. The molecule has 2 aliphatic rings. The van der Waals surface area contributed by atoms with Crippen molar-refractivity contribution in [1.29, 1.82) is 5.41 Å². The molecule has 2 fully saturated rings. The van der Waals surface area contributed by atoms with Crippen LogP contribution < -0.4 is 9.86 Å². The maximum Gasteiger partial charge on any atom is 0.363 e. The molecule has 0 radical (unpaired) electrons. The number of amides is 2. The third-order valence-electron chi connectivity index (χ3n) is 3.16. The summed E-state index contributed by atoms with van der Waals surface area (Å²) in [7, 11) is -8.83. The summed E-state index contributed by atoms with van der Waals surface area (Å²) in [5, 5.41) is 12.4. The van der Waals surface area contributed by atoms with E-state index in [1.54, 1.807) is 4.72 Å². The van der Waals surface area contributed by atoms with Crippen LogP contribution in [-0.4, -0.2) is 61.1 Å². The summed E-state index contributed by atoms with van der Waals surface area (Å²) < 4.78 is 55.1. The first kappa shape index (κ1) is 15.0. The minimum absolute atomic E-state index is 0.0159. The Morgan fingerprint density at radius 2 is 1.95 bits per heavy atom. The smallest absolute Gasteiger partial charge is 0.311 e. The molecule has 2 aliphatic heterocycles. The number of piperidine rings is 1. The Morgan fingerprint density at radius 1 is 1.35 bits per heavy atom. The fraction of sp³-hybridized carbons (Fsp3) is 0.714. The van der Waals surface area contributed by atoms with E-state index in [1.165, 1.54) is 0 Å². The number of carbonyl (C=O) groups excluding carboxylic acids is 1. The third-order valence-corrected chi connectivity index (χ3v) is 4.61. The molecular weight excluding hydrogens is 314 g/mol. The zero-order valence-electron chi connectivity index (χ0n) is 10.1. The van der Waals surface area contributed by atoms with Crippen molar-refractivity contribution in [3.63, 3.8) is 0 Å². The molecule has 2 rings (SSSR count). The lowest BCUT2D eigenvalue weighted by Gasteiger charge is -2.30. The molecular formula is C7H13N5O6S2. The van der Waals surface area contributed by atoms with E-state index in [4.69, 9.17) is 15.1 Å². The van der Waals surface area contributed by atoms with Crippen molar-refractivity contribution < 1.29 is 26.2 Å². The Kier molecular flexibility index (Phi) is 3.40. The highest BCUT2D eigenvalue weighted by Gasteiger charge is 2.50. The van der Waals surface area contributed by atoms with Crippen molar-refractivity contribution in [2.45, 2.75) is 24.9 Å². The first-order valence-electron chi connectivity index (χ1n) is 5.47. The molecule has 0 aliphatic carbocycles. The summed E-state index contributed by atoms with van der Waals surface area (Å²) in [5.41, 5.74) is 0. The van der Waals surface area contributed by atoms with Gasteiger partial charge < -0.3 is 4.90 Å². The van der Waals surface area contributed by atoms with Crippen LogP contribution in [0.1, 0.15) is 12.8 Å². The molecule has 2 amide bonds. The Bertz CT molecular complexity index is 657. The summed E-state index contributed by atoms with van der Waals surface area (Å²) in [5.74, 6) is -0.517. The van der Waals surface area contributed by atoms with E-state index in [1.807, 2.05) is 0 Å². The summed E-state index contributed by atoms with van der Waals surface area (Å²) in [4.78, 5) is 12.9. The van der Waals surface area contributed by atoms with Gasteiger partial charge in [0, 0.05) is 6.54 Å². The van der Waals surface area contributed by atoms with Gasteiger partial charge in [0.05, 0.1) is 12.1 Å². The number of nitrogens with zero attached hydrogens (tertiary/aromatic N) is 2. The van der Waals surface area contributed by atoms with Crippen LogP contribution in [-0.2, 0) is 20.5 Å². The van der Waals surface area contributed by atoms with Gasteiger partial charge in [-0.25, -0.2) is 9.93 Å². The molecule has 2 bridgehead atoms. The van der Waals surface area contributed by atoms with E-state index >= 15 is 0 Å². The Morgan fingerprint density at radius 3 is 2.45 bits per heavy atom. The van der Waals surface area contributed by atoms with Crippen molar-refractivity contribution in [2.75, 3.05) is 6.54 Å². The molecule has 20 heavy (non-hydrogen) atoms. The summed E-state index contributed by atoms with van der Waals surface area (Å²) in [6.07, 6.45) is 0.394. The van der Waals surface area contributed by atoms with Crippen LogP contribution >= 0.6 is 0 Å². The number of nitrogens with one attached hydrogen (secondary N) is 2. The highest BCUT2D eigenvalue weighted by molar-refractivity contribution is 7.87. The maximum atomic E-state index is 11.9. The second kappa shape index (κ2) is 4.54. The van der Waals surface area contributed by atoms with Crippen molar-refractivity contribution in [2.24, 2.45) is 5.14 Å². The number of rotatable bonds is 3. The van der Waals surface area contributed by atoms with Gasteiger partial charge in [-0.2, -0.15) is 21.1 Å². The molecule has 0 unspecified atom stereocenters. The van der Waals surface area contributed by atoms with Gasteiger partial charge in [-0.15, -0.1) is 0 Å². The predicted molar refractivity (Wildman–Crippen MR) is 66.3 cm³/mol. The fourth-order valence-corrected chi connectivity index (χ4v) is 3.74. The van der Waals surface area contributed by atoms with Crippen LogP contribution in [0.3, 0.4) is 0 Å². The predicted octanol–water partition coefficient (Wildman–Crippen LogP) is -2.17. The SMILES string of the molecule is N=C(NS(N)(=O)=O)[C@@H]1CC[C@@H]2CN1C(=O)N2S(=O)(=O)O. The average molecular weight is 327 g/mol. The summed E-state index contributed by atoms with van der Waals surface area (Å²) in [6.45, 7) is -0.0159. The number of nitrogens with two attached hydrogens (primary N) is 1. The van der Waals surface area contributed by atoms with Gasteiger partial charge in [0.25, 0.3) is 10.2 Å². The first-order chi connectivity index (χ1) is 9.00. The molecule has 0 saturated carbocycles. The second-order valence-electron chi connectivity index (χ2n) is 4.52. The van der Waals surface area contributed by atoms with Gasteiger partial charge in [0.15, 0.2) is 0 Å². The molecule has 0 aromatic rings. The van der Waals surface area contributed by atoms with Crippen LogP contribution in [0.15, 0.2) is 0 Å². The zero-order valence-corrected chi connectivity index (χ0v) is 11.7. The topological polar surface area (TPSA) is 174 Å². The largest absolute Gasteiger partial charge is 0.363 e. The second-order valence-corrected chi connectivity index (χ2v) is 7.10. The number of urea groups is 1. The van der Waals surface area contributed by atoms with E-state index in [9.17, 15) is 21.6 Å². The Hall–Kier alpha value is -1.44. The standard InChI is InChI=1S/C7H13N5O6S2/c8-6(10-19(9,14)15)5-2-1-4-3-11(5)7(13)12(4)20(16,17)18/h4-5H,1-3H2,(H2,8,10)(H2,9,14,15)(H,16,17,18)/t4-,5+/m1/s1. The van der Waals surface area contributed by atoms with Crippen molar-refractivity contribution >= 4 is 32.4 Å². The summed E-state index contributed by atoms with van der Waals surface area (Å²) >= 11 is 0. The fourth-order valence-electron chi connectivity index (χ4n) is 2.45. The van der Waals surface area contributed by atoms with E-state index in [0.717, 1.165) is 4.90 Å². The first-order valence-corrected chi connectivity index (χ1v) is 8.41. The van der Waals surface area contributed by atoms with Gasteiger partial charge in [0.1, 0.15) is 5.84 Å². The average Bonchev–Trinajstić information content (AvgIpc) is 2.48. The molecule has 0 aromatic carbocycles. The van der Waals surface area contributed by atoms with Gasteiger partial charge in [-0.3, -0.25) is 14.7 Å². The quantitative estimate of drug-likeness (QED) is 0.260. The normalized spacial score (nSPS) is 26.8. The summed E-state index contributed by atoms with van der Waals surface area (Å²) in [6, 6.07) is -2.62. The molecule has 114 valence electrons. The third kappa shape index (κ3) is 2.70.